The van der Waals surface area contributed by atoms with Crippen LogP contribution in [0.4, 0.5) is 0 Å². The normalized spacial score (nSPS) is 9.30. The number of carbonyl (C=O) groups is 1. The first-order valence-corrected chi connectivity index (χ1v) is 2.64. The Bertz CT molecular complexity index is 285. The fourth-order valence-electron chi connectivity index (χ4n) is 0.526. The summed E-state index contributed by atoms with van der Waals surface area (Å²) < 4.78 is 4.32. The van der Waals surface area contributed by atoms with Crippen LogP contribution >= 0.6 is 0 Å². The van der Waals surface area contributed by atoms with Crippen LogP contribution in [0.1, 0.15) is 10.5 Å². The Morgan fingerprint density at radius 2 is 2.50 bits per heavy atom. The van der Waals surface area contributed by atoms with Gasteiger partial charge in [-0.25, -0.2) is 4.79 Å². The maximum atomic E-state index is 10.7. The lowest BCUT2D eigenvalue weighted by molar-refractivity contribution is 0.0958. The molecule has 1 aromatic heterocycles. The van der Waals surface area contributed by atoms with Crippen molar-refractivity contribution < 1.29 is 9.21 Å². The molecule has 10 heavy (non-hydrogen) atoms. The van der Waals surface area contributed by atoms with Crippen molar-refractivity contribution in [2.24, 2.45) is 0 Å². The van der Waals surface area contributed by atoms with Gasteiger partial charge in [0.2, 0.25) is 0 Å². The van der Waals surface area contributed by atoms with Crippen molar-refractivity contribution in [3.63, 3.8) is 0 Å². The fraction of sp³-hybridized carbons (Fsp3) is 0.200. The third kappa shape index (κ3) is 1.07. The van der Waals surface area contributed by atoms with Gasteiger partial charge in [0.05, 0.1) is 0 Å². The molecule has 0 bridgehead atoms. The SMILES string of the molecule is CNC(=O)c1coc(=O)[nH]1. The zero-order valence-electron chi connectivity index (χ0n) is 5.30. The number of nitrogens with one attached hydrogen (secondary N) is 2. The summed E-state index contributed by atoms with van der Waals surface area (Å²) in [6.45, 7) is 0. The standard InChI is InChI=1S/C5H6N2O3/c1-6-4(8)3-2-10-5(9)7-3/h2H,1H3,(H,6,8)(H,7,9). The average Bonchev–Trinajstić information content (AvgIpc) is 2.34. The number of oxazole rings is 1. The second-order valence-electron chi connectivity index (χ2n) is 1.64. The topological polar surface area (TPSA) is 75.1 Å². The molecule has 1 amide bonds. The molecule has 0 saturated carbocycles. The minimum atomic E-state index is -0.626. The molecule has 0 aromatic carbocycles. The molecule has 1 heterocycles. The molecule has 0 aliphatic rings. The Hall–Kier alpha value is -1.52. The van der Waals surface area contributed by atoms with E-state index < -0.39 is 5.76 Å². The highest BCUT2D eigenvalue weighted by atomic mass is 16.4. The van der Waals surface area contributed by atoms with Gasteiger partial charge in [-0.15, -0.1) is 0 Å². The third-order valence-electron chi connectivity index (χ3n) is 0.992. The highest BCUT2D eigenvalue weighted by Gasteiger charge is 2.04. The van der Waals surface area contributed by atoms with Crippen LogP contribution in [-0.2, 0) is 0 Å². The Morgan fingerprint density at radius 1 is 1.80 bits per heavy atom. The quantitative estimate of drug-likeness (QED) is 0.545. The first-order chi connectivity index (χ1) is 4.74. The third-order valence-corrected chi connectivity index (χ3v) is 0.992. The summed E-state index contributed by atoms with van der Waals surface area (Å²) in [5.41, 5.74) is 0.132. The van der Waals surface area contributed by atoms with Crippen LogP contribution in [0.15, 0.2) is 15.5 Å². The van der Waals surface area contributed by atoms with Crippen molar-refractivity contribution in [1.29, 1.82) is 0 Å². The molecule has 2 N–H and O–H groups in total. The second-order valence-corrected chi connectivity index (χ2v) is 1.64. The van der Waals surface area contributed by atoms with Gasteiger partial charge in [0.25, 0.3) is 5.91 Å². The number of carbonyl (C=O) groups excluding carboxylic acids is 1. The van der Waals surface area contributed by atoms with Gasteiger partial charge >= 0.3 is 5.76 Å². The largest absolute Gasteiger partial charge is 0.416 e. The number of hydrogen-bond donors (Lipinski definition) is 2. The molecule has 0 aliphatic carbocycles. The van der Waals surface area contributed by atoms with Gasteiger partial charge in [0.15, 0.2) is 0 Å². The van der Waals surface area contributed by atoms with Crippen molar-refractivity contribution in [1.82, 2.24) is 10.3 Å². The fourth-order valence-corrected chi connectivity index (χ4v) is 0.526. The Kier molecular flexibility index (Phi) is 1.57. The van der Waals surface area contributed by atoms with Crippen LogP contribution in [0.25, 0.3) is 0 Å². The highest BCUT2D eigenvalue weighted by Crippen LogP contribution is 1.87. The van der Waals surface area contributed by atoms with Crippen LogP contribution in [-0.4, -0.2) is 17.9 Å². The zero-order chi connectivity index (χ0) is 7.56. The molecule has 5 nitrogen and oxygen atoms in total. The van der Waals surface area contributed by atoms with Crippen LogP contribution in [0.5, 0.6) is 0 Å². The number of amides is 1. The average molecular weight is 142 g/mol. The van der Waals surface area contributed by atoms with Gasteiger partial charge in [0.1, 0.15) is 12.0 Å². The Labute approximate surface area is 56.0 Å². The molecule has 0 atom stereocenters. The maximum absolute atomic E-state index is 10.7. The molecule has 1 aromatic rings. The molecule has 0 unspecified atom stereocenters. The first kappa shape index (κ1) is 6.60. The van der Waals surface area contributed by atoms with Crippen LogP contribution in [0.2, 0.25) is 0 Å². The van der Waals surface area contributed by atoms with Crippen LogP contribution in [0.3, 0.4) is 0 Å². The van der Waals surface area contributed by atoms with Crippen molar-refractivity contribution >= 4 is 5.91 Å². The Balaban J connectivity index is 2.95. The van der Waals surface area contributed by atoms with E-state index in [1.807, 2.05) is 0 Å². The van der Waals surface area contributed by atoms with Crippen molar-refractivity contribution in [2.45, 2.75) is 0 Å². The number of aromatic nitrogens is 1. The second kappa shape index (κ2) is 2.38. The molecule has 0 aliphatic heterocycles. The zero-order valence-corrected chi connectivity index (χ0v) is 5.30. The summed E-state index contributed by atoms with van der Waals surface area (Å²) in [6, 6.07) is 0. The molecule has 0 radical (unpaired) electrons. The van der Waals surface area contributed by atoms with Gasteiger partial charge < -0.3 is 9.73 Å². The predicted molar refractivity (Wildman–Crippen MR) is 32.7 cm³/mol. The van der Waals surface area contributed by atoms with E-state index >= 15 is 0 Å². The molecule has 0 saturated heterocycles. The van der Waals surface area contributed by atoms with Gasteiger partial charge in [-0.3, -0.25) is 9.78 Å². The van der Waals surface area contributed by atoms with E-state index in [9.17, 15) is 9.59 Å². The van der Waals surface area contributed by atoms with Gasteiger partial charge in [-0.2, -0.15) is 0 Å². The molecular formula is C5H6N2O3. The van der Waals surface area contributed by atoms with Crippen molar-refractivity contribution in [3.8, 4) is 0 Å². The predicted octanol–water partition coefficient (Wildman–Crippen LogP) is -0.673. The monoisotopic (exact) mass is 142 g/mol. The summed E-state index contributed by atoms with van der Waals surface area (Å²) >= 11 is 0. The summed E-state index contributed by atoms with van der Waals surface area (Å²) in [5, 5.41) is 2.33. The van der Waals surface area contributed by atoms with E-state index in [0.29, 0.717) is 0 Å². The summed E-state index contributed by atoms with van der Waals surface area (Å²) in [6.07, 6.45) is 1.07. The Morgan fingerprint density at radius 3 is 2.90 bits per heavy atom. The van der Waals surface area contributed by atoms with Crippen LogP contribution < -0.4 is 11.1 Å². The van der Waals surface area contributed by atoms with E-state index in [2.05, 4.69) is 14.7 Å². The molecular weight excluding hydrogens is 136 g/mol. The first-order valence-electron chi connectivity index (χ1n) is 2.64. The number of H-pyrrole nitrogens is 1. The lowest BCUT2D eigenvalue weighted by Gasteiger charge is -1.89. The smallest absolute Gasteiger partial charge is 0.416 e. The van der Waals surface area contributed by atoms with Gasteiger partial charge in [0, 0.05) is 7.05 Å². The molecule has 5 heteroatoms. The van der Waals surface area contributed by atoms with E-state index in [-0.39, 0.29) is 11.6 Å². The van der Waals surface area contributed by atoms with Crippen LogP contribution in [0, 0.1) is 0 Å². The van der Waals surface area contributed by atoms with E-state index in [1.165, 1.54) is 7.05 Å². The lowest BCUT2D eigenvalue weighted by atomic mass is 10.5. The lowest BCUT2D eigenvalue weighted by Crippen LogP contribution is -2.18. The molecule has 1 rings (SSSR count). The number of rotatable bonds is 1. The molecule has 54 valence electrons. The highest BCUT2D eigenvalue weighted by molar-refractivity contribution is 5.91. The van der Waals surface area contributed by atoms with E-state index in [1.54, 1.807) is 0 Å². The molecule has 0 spiro atoms. The molecule has 0 fully saturated rings. The number of hydrogen-bond acceptors (Lipinski definition) is 3. The van der Waals surface area contributed by atoms with Gasteiger partial charge in [-0.05, 0) is 0 Å². The minimum absolute atomic E-state index is 0.132. The maximum Gasteiger partial charge on any atom is 0.416 e. The summed E-state index contributed by atoms with van der Waals surface area (Å²) in [5.74, 6) is -0.996. The van der Waals surface area contributed by atoms with E-state index in [4.69, 9.17) is 0 Å². The minimum Gasteiger partial charge on any atom is -0.416 e. The number of aromatic amines is 1. The summed E-state index contributed by atoms with van der Waals surface area (Å²) in [4.78, 5) is 23.2. The van der Waals surface area contributed by atoms with Crippen molar-refractivity contribution in [3.05, 3.63) is 22.5 Å². The summed E-state index contributed by atoms with van der Waals surface area (Å²) in [7, 11) is 1.47. The van der Waals surface area contributed by atoms with Gasteiger partial charge in [-0.1, -0.05) is 0 Å². The van der Waals surface area contributed by atoms with Crippen molar-refractivity contribution in [2.75, 3.05) is 7.05 Å². The van der Waals surface area contributed by atoms with E-state index in [0.717, 1.165) is 6.26 Å².